The summed E-state index contributed by atoms with van der Waals surface area (Å²) in [6.07, 6.45) is 11.7. The molecule has 0 spiro atoms. The van der Waals surface area contributed by atoms with Crippen LogP contribution in [0.5, 0.6) is 0 Å². The van der Waals surface area contributed by atoms with Crippen molar-refractivity contribution in [3.8, 4) is 33.8 Å². The summed E-state index contributed by atoms with van der Waals surface area (Å²) < 4.78 is 0. The van der Waals surface area contributed by atoms with E-state index in [1.165, 1.54) is 0 Å². The first-order valence-corrected chi connectivity index (χ1v) is 12.5. The van der Waals surface area contributed by atoms with Gasteiger partial charge in [-0.2, -0.15) is 5.10 Å². The molecule has 0 aliphatic rings. The Morgan fingerprint density at radius 2 is 1.68 bits per heavy atom. The summed E-state index contributed by atoms with van der Waals surface area (Å²) in [6.45, 7) is 10.8. The van der Waals surface area contributed by atoms with Gasteiger partial charge in [-0.25, -0.2) is 4.98 Å². The van der Waals surface area contributed by atoms with Gasteiger partial charge in [-0.15, -0.1) is 0 Å². The lowest BCUT2D eigenvalue weighted by Crippen LogP contribution is -2.10. The van der Waals surface area contributed by atoms with Crippen LogP contribution in [0, 0.1) is 5.41 Å². The summed E-state index contributed by atoms with van der Waals surface area (Å²) in [5.41, 5.74) is 9.26. The highest BCUT2D eigenvalue weighted by Gasteiger charge is 2.16. The van der Waals surface area contributed by atoms with Gasteiger partial charge in [-0.3, -0.25) is 20.1 Å². The lowest BCUT2D eigenvalue weighted by atomic mass is 9.91. The number of hydrogen-bond acceptors (Lipinski definition) is 6. The summed E-state index contributed by atoms with van der Waals surface area (Å²) in [7, 11) is 0. The summed E-state index contributed by atoms with van der Waals surface area (Å²) >= 11 is 0. The van der Waals surface area contributed by atoms with Crippen LogP contribution in [0.4, 0.5) is 5.69 Å². The van der Waals surface area contributed by atoms with E-state index in [9.17, 15) is 0 Å². The molecule has 0 amide bonds. The minimum Gasteiger partial charge on any atom is -0.358 e. The quantitative estimate of drug-likeness (QED) is 0.227. The zero-order valence-corrected chi connectivity index (χ0v) is 21.6. The Morgan fingerprint density at radius 3 is 2.50 bits per heavy atom. The maximum atomic E-state index is 4.63. The van der Waals surface area contributed by atoms with Gasteiger partial charge in [0.2, 0.25) is 0 Å². The molecule has 0 aromatic carbocycles. The number of nitrogens with zero attached hydrogens (tertiary/aromatic N) is 5. The van der Waals surface area contributed by atoms with Gasteiger partial charge in [-0.1, -0.05) is 27.4 Å². The molecule has 6 heterocycles. The number of rotatable bonds is 6. The minimum atomic E-state index is 0.152. The molecule has 0 unspecified atom stereocenters. The molecule has 0 aliphatic carbocycles. The molecule has 3 N–H and O–H groups in total. The van der Waals surface area contributed by atoms with Crippen LogP contribution in [0.25, 0.3) is 55.7 Å². The van der Waals surface area contributed by atoms with E-state index in [4.69, 9.17) is 0 Å². The number of hydrogen-bond donors (Lipinski definition) is 3. The predicted molar refractivity (Wildman–Crippen MR) is 152 cm³/mol. The van der Waals surface area contributed by atoms with Gasteiger partial charge < -0.3 is 10.3 Å². The Hall–Kier alpha value is -4.85. The van der Waals surface area contributed by atoms with Crippen molar-refractivity contribution in [2.75, 3.05) is 5.32 Å². The molecule has 8 nitrogen and oxygen atoms in total. The maximum absolute atomic E-state index is 4.63. The molecular formula is C30H28N8. The fourth-order valence-corrected chi connectivity index (χ4v) is 4.75. The third kappa shape index (κ3) is 4.64. The molecule has 0 atom stereocenters. The van der Waals surface area contributed by atoms with Gasteiger partial charge in [0.15, 0.2) is 5.65 Å². The van der Waals surface area contributed by atoms with Crippen molar-refractivity contribution in [3.63, 3.8) is 0 Å². The minimum absolute atomic E-state index is 0.152. The van der Waals surface area contributed by atoms with E-state index < -0.39 is 0 Å². The van der Waals surface area contributed by atoms with E-state index in [-0.39, 0.29) is 5.41 Å². The van der Waals surface area contributed by atoms with Crippen molar-refractivity contribution in [1.29, 1.82) is 0 Å². The van der Waals surface area contributed by atoms with Gasteiger partial charge in [0.1, 0.15) is 0 Å². The largest absolute Gasteiger partial charge is 0.358 e. The lowest BCUT2D eigenvalue weighted by Gasteiger charge is -2.20. The van der Waals surface area contributed by atoms with E-state index >= 15 is 0 Å². The van der Waals surface area contributed by atoms with Gasteiger partial charge in [0.05, 0.1) is 29.0 Å². The number of fused-ring (bicyclic) bond motifs is 2. The molecule has 0 aliphatic heterocycles. The number of nitrogens with one attached hydrogen (secondary N) is 3. The highest BCUT2D eigenvalue weighted by atomic mass is 15.2. The highest BCUT2D eigenvalue weighted by Crippen LogP contribution is 2.34. The van der Waals surface area contributed by atoms with Crippen LogP contribution in [0.15, 0.2) is 85.9 Å². The number of aromatic nitrogens is 7. The lowest BCUT2D eigenvalue weighted by molar-refractivity contribution is 0.411. The van der Waals surface area contributed by atoms with E-state index in [1.807, 2.05) is 43.0 Å². The number of anilines is 1. The number of allylic oxidation sites excluding steroid dienone is 1. The first kappa shape index (κ1) is 23.5. The first-order chi connectivity index (χ1) is 18.3. The topological polar surface area (TPSA) is 108 Å². The standard InChI is InChI=1S/C30H28N8/c1-18(14-30(2,3)4)35-22-11-20(15-32-17-22)21-12-24-28(37-38-29(24)34-16-21)26-13-23-25(36-26)7-10-33-27(23)19-5-8-31-9-6-19/h5-13,15-17,35-36H,1,14H2,2-4H3,(H,34,37,38). The van der Waals surface area contributed by atoms with Crippen LogP contribution in [0.1, 0.15) is 27.2 Å². The van der Waals surface area contributed by atoms with Crippen LogP contribution >= 0.6 is 0 Å². The second-order valence-electron chi connectivity index (χ2n) is 10.7. The molecule has 8 heteroatoms. The summed E-state index contributed by atoms with van der Waals surface area (Å²) in [5.74, 6) is 0. The summed E-state index contributed by atoms with van der Waals surface area (Å²) in [5, 5.41) is 13.0. The molecule has 6 aromatic heterocycles. The van der Waals surface area contributed by atoms with Crippen molar-refractivity contribution in [2.45, 2.75) is 27.2 Å². The summed E-state index contributed by atoms with van der Waals surface area (Å²) in [4.78, 5) is 21.4. The van der Waals surface area contributed by atoms with Crippen molar-refractivity contribution >= 4 is 27.6 Å². The Labute approximate surface area is 220 Å². The van der Waals surface area contributed by atoms with Gasteiger partial charge in [0, 0.05) is 69.7 Å². The average Bonchev–Trinajstić information content (AvgIpc) is 3.51. The number of H-pyrrole nitrogens is 2. The van der Waals surface area contributed by atoms with Crippen LogP contribution in [0.3, 0.4) is 0 Å². The molecule has 0 radical (unpaired) electrons. The van der Waals surface area contributed by atoms with Gasteiger partial charge in [-0.05, 0) is 48.2 Å². The van der Waals surface area contributed by atoms with Crippen LogP contribution < -0.4 is 5.32 Å². The van der Waals surface area contributed by atoms with E-state index in [1.54, 1.807) is 12.4 Å². The molecule has 6 aromatic rings. The predicted octanol–water partition coefficient (Wildman–Crippen LogP) is 6.99. The number of pyridine rings is 4. The molecule has 6 rings (SSSR count). The SMILES string of the molecule is C=C(CC(C)(C)C)Nc1cncc(-c2cnc3n[nH]c(-c4cc5c(-c6ccncc6)nccc5[nH]4)c3c2)c1. The van der Waals surface area contributed by atoms with Crippen molar-refractivity contribution in [2.24, 2.45) is 5.41 Å². The fraction of sp³-hybridized carbons (Fsp3) is 0.167. The number of aromatic amines is 2. The Balaban J connectivity index is 1.36. The third-order valence-electron chi connectivity index (χ3n) is 6.32. The maximum Gasteiger partial charge on any atom is 0.181 e. The van der Waals surface area contributed by atoms with Crippen molar-refractivity contribution in [3.05, 3.63) is 85.9 Å². The monoisotopic (exact) mass is 500 g/mol. The highest BCUT2D eigenvalue weighted by molar-refractivity contribution is 6.00. The molecule has 188 valence electrons. The van der Waals surface area contributed by atoms with E-state index in [0.717, 1.165) is 67.9 Å². The molecule has 0 saturated carbocycles. The van der Waals surface area contributed by atoms with Gasteiger partial charge >= 0.3 is 0 Å². The average molecular weight is 501 g/mol. The molecule has 38 heavy (non-hydrogen) atoms. The van der Waals surface area contributed by atoms with Crippen molar-refractivity contribution < 1.29 is 0 Å². The molecule has 0 bridgehead atoms. The van der Waals surface area contributed by atoms with Crippen molar-refractivity contribution in [1.82, 2.24) is 35.1 Å². The molecule has 0 saturated heterocycles. The second-order valence-corrected chi connectivity index (χ2v) is 10.7. The fourth-order valence-electron chi connectivity index (χ4n) is 4.75. The van der Waals surface area contributed by atoms with Crippen LogP contribution in [-0.2, 0) is 0 Å². The molecular weight excluding hydrogens is 472 g/mol. The Morgan fingerprint density at radius 1 is 0.868 bits per heavy atom. The van der Waals surface area contributed by atoms with E-state index in [2.05, 4.69) is 86.0 Å². The van der Waals surface area contributed by atoms with Crippen LogP contribution in [-0.4, -0.2) is 35.1 Å². The Kier molecular flexibility index (Phi) is 5.72. The zero-order chi connectivity index (χ0) is 26.3. The smallest absolute Gasteiger partial charge is 0.181 e. The summed E-state index contributed by atoms with van der Waals surface area (Å²) in [6, 6.07) is 12.2. The third-order valence-corrected chi connectivity index (χ3v) is 6.32. The second kappa shape index (κ2) is 9.23. The van der Waals surface area contributed by atoms with Crippen LogP contribution in [0.2, 0.25) is 0 Å². The Bertz CT molecular complexity index is 1770. The van der Waals surface area contributed by atoms with E-state index in [0.29, 0.717) is 5.65 Å². The van der Waals surface area contributed by atoms with Gasteiger partial charge in [0.25, 0.3) is 0 Å². The normalized spacial score (nSPS) is 11.8. The molecule has 0 fully saturated rings. The first-order valence-electron chi connectivity index (χ1n) is 12.5. The zero-order valence-electron chi connectivity index (χ0n) is 21.6.